The Morgan fingerprint density at radius 3 is 2.76 bits per heavy atom. The molecule has 2 atom stereocenters. The van der Waals surface area contributed by atoms with Gasteiger partial charge in [-0.1, -0.05) is 36.4 Å². The Hall–Kier alpha value is -2.46. The molecule has 1 amide bonds. The molecule has 25 heavy (non-hydrogen) atoms. The highest BCUT2D eigenvalue weighted by Gasteiger charge is 2.27. The molecule has 3 rings (SSSR count). The van der Waals surface area contributed by atoms with Gasteiger partial charge in [0.25, 0.3) is 5.91 Å². The predicted molar refractivity (Wildman–Crippen MR) is 99.0 cm³/mol. The topological polar surface area (TPSA) is 50.6 Å². The first-order valence-corrected chi connectivity index (χ1v) is 8.85. The molecular formula is C21H25N2O2+. The third kappa shape index (κ3) is 4.15. The first kappa shape index (κ1) is 17.4. The fraction of sp³-hybridized carbons (Fsp3) is 0.333. The molecule has 130 valence electrons. The summed E-state index contributed by atoms with van der Waals surface area (Å²) in [5, 5.41) is 2.92. The van der Waals surface area contributed by atoms with Crippen LogP contribution < -0.4 is 10.2 Å². The Labute approximate surface area is 148 Å². The number of hydrogen-bond donors (Lipinski definition) is 2. The molecule has 0 aromatic heterocycles. The lowest BCUT2D eigenvalue weighted by molar-refractivity contribution is -0.905. The van der Waals surface area contributed by atoms with Crippen molar-refractivity contribution in [1.82, 2.24) is 0 Å². The van der Waals surface area contributed by atoms with E-state index in [9.17, 15) is 9.59 Å². The van der Waals surface area contributed by atoms with E-state index >= 15 is 0 Å². The quantitative estimate of drug-likeness (QED) is 0.823. The van der Waals surface area contributed by atoms with Gasteiger partial charge in [0.1, 0.15) is 6.04 Å². The van der Waals surface area contributed by atoms with E-state index in [-0.39, 0.29) is 11.7 Å². The monoisotopic (exact) mass is 337 g/mol. The number of rotatable bonds is 5. The first-order valence-electron chi connectivity index (χ1n) is 8.85. The molecule has 0 radical (unpaired) electrons. The fourth-order valence-electron chi connectivity index (χ4n) is 3.66. The minimum Gasteiger partial charge on any atom is -0.323 e. The number of fused-ring (bicyclic) bond motifs is 1. The number of Topliss-reactive ketones (excluding diaryl/α,β-unsaturated/α-hetero) is 1. The summed E-state index contributed by atoms with van der Waals surface area (Å²) in [4.78, 5) is 25.1. The molecule has 0 bridgehead atoms. The normalized spacial score (nSPS) is 17.4. The van der Waals surface area contributed by atoms with Crippen LogP contribution in [0.5, 0.6) is 0 Å². The second-order valence-electron chi connectivity index (χ2n) is 6.85. The zero-order valence-corrected chi connectivity index (χ0v) is 14.8. The Balaban J connectivity index is 1.65. The minimum atomic E-state index is -0.0266. The first-order chi connectivity index (χ1) is 12.0. The standard InChI is InChI=1S/C21H24N2O2/c1-15(24)17-9-5-10-18(13-17)22-21(25)14-23(2)20-12-6-8-16-7-3-4-11-19(16)20/h3-5,7,9-11,13,20H,6,8,12,14H2,1-2H3,(H,22,25)/p+1/t20-/m0/s1. The summed E-state index contributed by atoms with van der Waals surface area (Å²) in [6, 6.07) is 16.0. The summed E-state index contributed by atoms with van der Waals surface area (Å²) >= 11 is 0. The summed E-state index contributed by atoms with van der Waals surface area (Å²) in [5.74, 6) is -0.0288. The van der Waals surface area contributed by atoms with Crippen LogP contribution in [0.2, 0.25) is 0 Å². The number of amides is 1. The van der Waals surface area contributed by atoms with Crippen LogP contribution >= 0.6 is 0 Å². The zero-order chi connectivity index (χ0) is 17.8. The molecule has 2 aromatic rings. The fourth-order valence-corrected chi connectivity index (χ4v) is 3.66. The van der Waals surface area contributed by atoms with Crippen LogP contribution in [0.4, 0.5) is 5.69 Å². The molecule has 0 aliphatic heterocycles. The van der Waals surface area contributed by atoms with Gasteiger partial charge in [0.15, 0.2) is 12.3 Å². The summed E-state index contributed by atoms with van der Waals surface area (Å²) in [6.45, 7) is 1.93. The molecule has 4 nitrogen and oxygen atoms in total. The molecule has 1 aliphatic rings. The third-order valence-electron chi connectivity index (χ3n) is 4.96. The van der Waals surface area contributed by atoms with Gasteiger partial charge in [0.2, 0.25) is 0 Å². The SMILES string of the molecule is CC(=O)c1cccc(NC(=O)C[NH+](C)[C@H]2CCCc3ccccc32)c1. The molecule has 0 saturated carbocycles. The zero-order valence-electron chi connectivity index (χ0n) is 14.8. The van der Waals surface area contributed by atoms with Gasteiger partial charge in [0, 0.05) is 23.2 Å². The third-order valence-corrected chi connectivity index (χ3v) is 4.96. The van der Waals surface area contributed by atoms with Gasteiger partial charge in [-0.3, -0.25) is 9.59 Å². The second-order valence-corrected chi connectivity index (χ2v) is 6.85. The van der Waals surface area contributed by atoms with E-state index in [4.69, 9.17) is 0 Å². The molecule has 2 N–H and O–H groups in total. The number of aryl methyl sites for hydroxylation is 1. The van der Waals surface area contributed by atoms with E-state index in [1.165, 1.54) is 29.4 Å². The molecule has 0 saturated heterocycles. The average Bonchev–Trinajstić information content (AvgIpc) is 2.61. The van der Waals surface area contributed by atoms with Crippen molar-refractivity contribution in [3.8, 4) is 0 Å². The molecule has 0 fully saturated rings. The lowest BCUT2D eigenvalue weighted by atomic mass is 9.87. The van der Waals surface area contributed by atoms with Gasteiger partial charge in [0.05, 0.1) is 7.05 Å². The van der Waals surface area contributed by atoms with Gasteiger partial charge in [-0.25, -0.2) is 0 Å². The molecule has 2 aromatic carbocycles. The summed E-state index contributed by atoms with van der Waals surface area (Å²) in [7, 11) is 2.08. The molecule has 4 heteroatoms. The maximum Gasteiger partial charge on any atom is 0.279 e. The number of ketones is 1. The van der Waals surface area contributed by atoms with E-state index in [0.717, 1.165) is 12.8 Å². The van der Waals surface area contributed by atoms with Crippen molar-refractivity contribution in [3.05, 3.63) is 65.2 Å². The van der Waals surface area contributed by atoms with Crippen molar-refractivity contribution < 1.29 is 14.5 Å². The van der Waals surface area contributed by atoms with Crippen LogP contribution in [-0.2, 0) is 11.2 Å². The highest BCUT2D eigenvalue weighted by Crippen LogP contribution is 2.27. The number of hydrogen-bond acceptors (Lipinski definition) is 2. The van der Waals surface area contributed by atoms with Crippen LogP contribution in [0.1, 0.15) is 47.3 Å². The van der Waals surface area contributed by atoms with Crippen LogP contribution in [0, 0.1) is 0 Å². The Bertz CT molecular complexity index is 785. The van der Waals surface area contributed by atoms with Gasteiger partial charge >= 0.3 is 0 Å². The predicted octanol–water partition coefficient (Wildman–Crippen LogP) is 2.42. The van der Waals surface area contributed by atoms with Crippen molar-refractivity contribution in [3.63, 3.8) is 0 Å². The largest absolute Gasteiger partial charge is 0.323 e. The Kier molecular flexibility index (Phi) is 5.29. The number of nitrogens with one attached hydrogen (secondary N) is 2. The van der Waals surface area contributed by atoms with Crippen LogP contribution in [0.3, 0.4) is 0 Å². The van der Waals surface area contributed by atoms with Crippen molar-refractivity contribution in [2.45, 2.75) is 32.2 Å². The van der Waals surface area contributed by atoms with Crippen molar-refractivity contribution in [2.75, 3.05) is 18.9 Å². The van der Waals surface area contributed by atoms with Crippen LogP contribution in [-0.4, -0.2) is 25.3 Å². The second kappa shape index (κ2) is 7.62. The summed E-state index contributed by atoms with van der Waals surface area (Å²) in [5.41, 5.74) is 4.07. The van der Waals surface area contributed by atoms with Gasteiger partial charge < -0.3 is 10.2 Å². The van der Waals surface area contributed by atoms with E-state index in [1.807, 2.05) is 6.07 Å². The smallest absolute Gasteiger partial charge is 0.279 e. The lowest BCUT2D eigenvalue weighted by Crippen LogP contribution is -3.10. The number of carbonyl (C=O) groups excluding carboxylic acids is 2. The maximum atomic E-state index is 12.4. The van der Waals surface area contributed by atoms with Crippen LogP contribution in [0.15, 0.2) is 48.5 Å². The number of likely N-dealkylation sites (N-methyl/N-ethyl adjacent to an activating group) is 1. The van der Waals surface area contributed by atoms with Gasteiger partial charge in [-0.15, -0.1) is 0 Å². The number of carbonyl (C=O) groups is 2. The lowest BCUT2D eigenvalue weighted by Gasteiger charge is -2.30. The molecule has 0 heterocycles. The van der Waals surface area contributed by atoms with Crippen molar-refractivity contribution in [1.29, 1.82) is 0 Å². The Morgan fingerprint density at radius 2 is 1.96 bits per heavy atom. The molecule has 0 spiro atoms. The van der Waals surface area contributed by atoms with Crippen LogP contribution in [0.25, 0.3) is 0 Å². The average molecular weight is 337 g/mol. The number of anilines is 1. The van der Waals surface area contributed by atoms with Crippen molar-refractivity contribution >= 4 is 17.4 Å². The van der Waals surface area contributed by atoms with E-state index in [0.29, 0.717) is 23.8 Å². The minimum absolute atomic E-state index is 0.00217. The van der Waals surface area contributed by atoms with Gasteiger partial charge in [-0.2, -0.15) is 0 Å². The Morgan fingerprint density at radius 1 is 1.16 bits per heavy atom. The van der Waals surface area contributed by atoms with E-state index in [1.54, 1.807) is 18.2 Å². The number of benzene rings is 2. The summed E-state index contributed by atoms with van der Waals surface area (Å²) in [6.07, 6.45) is 3.40. The molecule has 1 unspecified atom stereocenters. The molecular weight excluding hydrogens is 312 g/mol. The highest BCUT2D eigenvalue weighted by atomic mass is 16.2. The van der Waals surface area contributed by atoms with E-state index in [2.05, 4.69) is 36.6 Å². The summed E-state index contributed by atoms with van der Waals surface area (Å²) < 4.78 is 0. The maximum absolute atomic E-state index is 12.4. The highest BCUT2D eigenvalue weighted by molar-refractivity contribution is 5.97. The molecule has 1 aliphatic carbocycles. The van der Waals surface area contributed by atoms with Crippen molar-refractivity contribution in [2.24, 2.45) is 0 Å². The number of quaternary nitrogens is 1. The van der Waals surface area contributed by atoms with Gasteiger partial charge in [-0.05, 0) is 37.5 Å². The van der Waals surface area contributed by atoms with E-state index < -0.39 is 0 Å².